The number of halogens is 1. The summed E-state index contributed by atoms with van der Waals surface area (Å²) in [5.74, 6) is 0.580. The van der Waals surface area contributed by atoms with Gasteiger partial charge in [0.05, 0.1) is 0 Å². The van der Waals surface area contributed by atoms with E-state index in [9.17, 15) is 0 Å². The monoisotopic (exact) mass is 293 g/mol. The Morgan fingerprint density at radius 1 is 1.15 bits per heavy atom. The van der Waals surface area contributed by atoms with Gasteiger partial charge in [0.15, 0.2) is 0 Å². The summed E-state index contributed by atoms with van der Waals surface area (Å²) in [6, 6.07) is 6.74. The van der Waals surface area contributed by atoms with Crippen LogP contribution in [0, 0.1) is 0 Å². The maximum absolute atomic E-state index is 6.58. The topological polar surface area (TPSA) is 26.0 Å². The van der Waals surface area contributed by atoms with Crippen LogP contribution >= 0.6 is 11.6 Å². The predicted octanol–water partition coefficient (Wildman–Crippen LogP) is 5.40. The molecule has 1 nitrogen and oxygen atoms in total. The molecule has 0 spiro atoms. The minimum atomic E-state index is 0.175. The van der Waals surface area contributed by atoms with Crippen molar-refractivity contribution in [3.8, 4) is 0 Å². The maximum Gasteiger partial charge on any atom is 0.0443 e. The average Bonchev–Trinajstić information content (AvgIpc) is 2.50. The van der Waals surface area contributed by atoms with Crippen LogP contribution in [0.25, 0.3) is 0 Å². The fraction of sp³-hybridized carbons (Fsp3) is 0.667. The van der Waals surface area contributed by atoms with Crippen LogP contribution in [0.5, 0.6) is 0 Å². The van der Waals surface area contributed by atoms with E-state index in [1.807, 2.05) is 0 Å². The normalized spacial score (nSPS) is 18.4. The highest BCUT2D eigenvalue weighted by molar-refractivity contribution is 6.31. The first-order valence-corrected chi connectivity index (χ1v) is 8.54. The van der Waals surface area contributed by atoms with E-state index in [4.69, 9.17) is 17.3 Å². The lowest BCUT2D eigenvalue weighted by Crippen LogP contribution is -2.37. The Kier molecular flexibility index (Phi) is 5.51. The van der Waals surface area contributed by atoms with Gasteiger partial charge in [-0.1, -0.05) is 56.8 Å². The van der Waals surface area contributed by atoms with Gasteiger partial charge in [-0.2, -0.15) is 0 Å². The molecule has 1 aromatic carbocycles. The van der Waals surface area contributed by atoms with Crippen molar-refractivity contribution in [3.05, 3.63) is 34.3 Å². The molecule has 1 saturated carbocycles. The Hall–Kier alpha value is -0.530. The molecular weight excluding hydrogens is 266 g/mol. The molecule has 1 aromatic rings. The van der Waals surface area contributed by atoms with Crippen LogP contribution in [0.2, 0.25) is 5.02 Å². The van der Waals surface area contributed by atoms with Crippen LogP contribution in [0.3, 0.4) is 0 Å². The predicted molar refractivity (Wildman–Crippen MR) is 88.6 cm³/mol. The smallest absolute Gasteiger partial charge is 0.0443 e. The molecule has 112 valence electrons. The Labute approximate surface area is 128 Å². The van der Waals surface area contributed by atoms with Crippen LogP contribution in [0.4, 0.5) is 0 Å². The molecule has 20 heavy (non-hydrogen) atoms. The van der Waals surface area contributed by atoms with Crippen LogP contribution in [-0.4, -0.2) is 6.54 Å². The summed E-state index contributed by atoms with van der Waals surface area (Å²) >= 11 is 6.58. The van der Waals surface area contributed by atoms with Crippen LogP contribution in [0.15, 0.2) is 18.2 Å². The first-order valence-electron chi connectivity index (χ1n) is 8.17. The molecule has 0 atom stereocenters. The second-order valence-electron chi connectivity index (χ2n) is 6.29. The third-order valence-corrected chi connectivity index (χ3v) is 5.57. The molecule has 1 fully saturated rings. The maximum atomic E-state index is 6.58. The van der Waals surface area contributed by atoms with E-state index < -0.39 is 0 Å². The summed E-state index contributed by atoms with van der Waals surface area (Å²) < 4.78 is 0. The van der Waals surface area contributed by atoms with Crippen molar-refractivity contribution in [2.45, 2.75) is 70.1 Å². The van der Waals surface area contributed by atoms with Gasteiger partial charge in [0, 0.05) is 17.0 Å². The Bertz CT molecular complexity index is 431. The molecule has 0 saturated heterocycles. The van der Waals surface area contributed by atoms with Gasteiger partial charge in [-0.3, -0.25) is 0 Å². The molecule has 0 aromatic heterocycles. The van der Waals surface area contributed by atoms with Gasteiger partial charge in [0.2, 0.25) is 0 Å². The molecule has 0 amide bonds. The Morgan fingerprint density at radius 2 is 1.80 bits per heavy atom. The molecule has 1 aliphatic carbocycles. The fourth-order valence-electron chi connectivity index (χ4n) is 3.76. The third-order valence-electron chi connectivity index (χ3n) is 5.24. The zero-order valence-electron chi connectivity index (χ0n) is 12.9. The standard InChI is InChI=1S/C18H28ClN/c1-3-14(4-2)16-9-8-15(12-17(16)19)18(13-20)10-6-5-7-11-18/h8-9,12,14H,3-7,10-11,13,20H2,1-2H3. The largest absolute Gasteiger partial charge is 0.330 e. The Balaban J connectivity index is 2.32. The van der Waals surface area contributed by atoms with Gasteiger partial charge in [0.25, 0.3) is 0 Å². The highest BCUT2D eigenvalue weighted by Gasteiger charge is 2.32. The number of hydrogen-bond acceptors (Lipinski definition) is 1. The molecule has 0 radical (unpaired) electrons. The van der Waals surface area contributed by atoms with E-state index in [0.29, 0.717) is 5.92 Å². The van der Waals surface area contributed by atoms with Crippen molar-refractivity contribution >= 4 is 11.6 Å². The number of benzene rings is 1. The number of hydrogen-bond donors (Lipinski definition) is 1. The van der Waals surface area contributed by atoms with Gasteiger partial charge in [-0.25, -0.2) is 0 Å². The summed E-state index contributed by atoms with van der Waals surface area (Å²) in [5.41, 5.74) is 8.97. The molecule has 2 heteroatoms. The van der Waals surface area contributed by atoms with Gasteiger partial charge >= 0.3 is 0 Å². The summed E-state index contributed by atoms with van der Waals surface area (Å²) in [6.45, 7) is 5.22. The first-order chi connectivity index (χ1) is 9.66. The molecule has 0 unspecified atom stereocenters. The van der Waals surface area contributed by atoms with E-state index in [2.05, 4.69) is 32.0 Å². The first kappa shape index (κ1) is 15.9. The molecule has 0 bridgehead atoms. The van der Waals surface area contributed by atoms with E-state index >= 15 is 0 Å². The lowest BCUT2D eigenvalue weighted by molar-refractivity contribution is 0.301. The SMILES string of the molecule is CCC(CC)c1ccc(C2(CN)CCCCC2)cc1Cl. The van der Waals surface area contributed by atoms with E-state index in [0.717, 1.165) is 24.4 Å². The van der Waals surface area contributed by atoms with Crippen molar-refractivity contribution in [1.82, 2.24) is 0 Å². The molecule has 0 heterocycles. The molecule has 0 aliphatic heterocycles. The summed E-state index contributed by atoms with van der Waals surface area (Å²) in [7, 11) is 0. The zero-order valence-corrected chi connectivity index (χ0v) is 13.7. The quantitative estimate of drug-likeness (QED) is 0.772. The molecule has 2 N–H and O–H groups in total. The van der Waals surface area contributed by atoms with Crippen LogP contribution in [-0.2, 0) is 5.41 Å². The second-order valence-corrected chi connectivity index (χ2v) is 6.70. The van der Waals surface area contributed by atoms with Crippen molar-refractivity contribution in [3.63, 3.8) is 0 Å². The van der Waals surface area contributed by atoms with Crippen molar-refractivity contribution < 1.29 is 0 Å². The molecule has 2 rings (SSSR count). The lowest BCUT2D eigenvalue weighted by Gasteiger charge is -2.37. The number of nitrogens with two attached hydrogens (primary N) is 1. The van der Waals surface area contributed by atoms with E-state index in [-0.39, 0.29) is 5.41 Å². The third kappa shape index (κ3) is 3.04. The van der Waals surface area contributed by atoms with Crippen molar-refractivity contribution in [2.24, 2.45) is 5.73 Å². The molecular formula is C18H28ClN. The average molecular weight is 294 g/mol. The molecule has 1 aliphatic rings. The Morgan fingerprint density at radius 3 is 2.30 bits per heavy atom. The van der Waals surface area contributed by atoms with Gasteiger partial charge in [0.1, 0.15) is 0 Å². The van der Waals surface area contributed by atoms with E-state index in [1.54, 1.807) is 0 Å². The zero-order chi connectivity index (χ0) is 14.6. The van der Waals surface area contributed by atoms with Crippen molar-refractivity contribution in [2.75, 3.05) is 6.54 Å². The highest BCUT2D eigenvalue weighted by atomic mass is 35.5. The highest BCUT2D eigenvalue weighted by Crippen LogP contribution is 2.41. The van der Waals surface area contributed by atoms with Crippen LogP contribution < -0.4 is 5.73 Å². The van der Waals surface area contributed by atoms with E-state index in [1.165, 1.54) is 43.2 Å². The summed E-state index contributed by atoms with van der Waals surface area (Å²) in [4.78, 5) is 0. The summed E-state index contributed by atoms with van der Waals surface area (Å²) in [6.07, 6.45) is 8.66. The number of rotatable bonds is 5. The minimum Gasteiger partial charge on any atom is -0.330 e. The lowest BCUT2D eigenvalue weighted by atomic mass is 9.69. The fourth-order valence-corrected chi connectivity index (χ4v) is 4.09. The van der Waals surface area contributed by atoms with Crippen molar-refractivity contribution in [1.29, 1.82) is 0 Å². The van der Waals surface area contributed by atoms with Crippen LogP contribution in [0.1, 0.15) is 75.8 Å². The van der Waals surface area contributed by atoms with Gasteiger partial charge < -0.3 is 5.73 Å². The van der Waals surface area contributed by atoms with Gasteiger partial charge in [-0.15, -0.1) is 0 Å². The van der Waals surface area contributed by atoms with Gasteiger partial charge in [-0.05, 0) is 48.8 Å². The second kappa shape index (κ2) is 6.95. The summed E-state index contributed by atoms with van der Waals surface area (Å²) in [5, 5.41) is 0.939. The minimum absolute atomic E-state index is 0.175.